The van der Waals surface area contributed by atoms with E-state index in [9.17, 15) is 14.7 Å². The first kappa shape index (κ1) is 14.4. The van der Waals surface area contributed by atoms with Crippen LogP contribution >= 0.6 is 0 Å². The number of carbonyl (C=O) groups excluding carboxylic acids is 2. The number of rotatable bonds is 4. The van der Waals surface area contributed by atoms with E-state index in [-0.39, 0.29) is 17.7 Å². The summed E-state index contributed by atoms with van der Waals surface area (Å²) < 4.78 is 0. The van der Waals surface area contributed by atoms with E-state index >= 15 is 0 Å². The van der Waals surface area contributed by atoms with Gasteiger partial charge in [-0.15, -0.1) is 0 Å². The van der Waals surface area contributed by atoms with Crippen LogP contribution in [0.15, 0.2) is 23.8 Å². The van der Waals surface area contributed by atoms with Gasteiger partial charge in [-0.3, -0.25) is 9.59 Å². The first-order chi connectivity index (χ1) is 8.43. The highest BCUT2D eigenvalue weighted by molar-refractivity contribution is 5.86. The van der Waals surface area contributed by atoms with Crippen molar-refractivity contribution >= 4 is 11.8 Å². The average Bonchev–Trinajstić information content (AvgIpc) is 2.31. The third-order valence-electron chi connectivity index (χ3n) is 2.90. The zero-order valence-electron chi connectivity index (χ0n) is 10.9. The van der Waals surface area contributed by atoms with Crippen molar-refractivity contribution in [1.82, 2.24) is 10.6 Å². The van der Waals surface area contributed by atoms with Crippen LogP contribution in [0.4, 0.5) is 0 Å². The Morgan fingerprint density at radius 3 is 2.67 bits per heavy atom. The SMILES string of the molecule is CNC(=O)[C@H](CC1=CC(C)C(O)C=C1)NC(C)=O. The second-order valence-corrected chi connectivity index (χ2v) is 4.52. The van der Waals surface area contributed by atoms with Crippen LogP contribution in [-0.2, 0) is 9.59 Å². The standard InChI is InChI=1S/C13H20N2O3/c1-8-6-10(4-5-12(8)17)7-11(13(18)14-3)15-9(2)16/h4-6,8,11-12,17H,7H2,1-3H3,(H,14,18)(H,15,16)/t8?,11-,12?/m0/s1. The fourth-order valence-electron chi connectivity index (χ4n) is 1.89. The Bertz CT molecular complexity index is 388. The lowest BCUT2D eigenvalue weighted by molar-refractivity contribution is -0.127. The number of allylic oxidation sites excluding steroid dienone is 1. The number of hydrogen-bond donors (Lipinski definition) is 3. The Morgan fingerprint density at radius 1 is 1.50 bits per heavy atom. The number of nitrogens with one attached hydrogen (secondary N) is 2. The van der Waals surface area contributed by atoms with Crippen LogP contribution in [0.3, 0.4) is 0 Å². The molecule has 0 aromatic rings. The Balaban J connectivity index is 2.72. The van der Waals surface area contributed by atoms with E-state index < -0.39 is 12.1 Å². The zero-order chi connectivity index (χ0) is 13.7. The number of likely N-dealkylation sites (N-methyl/N-ethyl adjacent to an activating group) is 1. The summed E-state index contributed by atoms with van der Waals surface area (Å²) in [5, 5.41) is 14.7. The zero-order valence-corrected chi connectivity index (χ0v) is 10.9. The van der Waals surface area contributed by atoms with Crippen LogP contribution in [0.1, 0.15) is 20.3 Å². The van der Waals surface area contributed by atoms with Gasteiger partial charge < -0.3 is 15.7 Å². The highest BCUT2D eigenvalue weighted by atomic mass is 16.3. The minimum atomic E-state index is -0.578. The minimum absolute atomic E-state index is 0.0210. The molecule has 0 bridgehead atoms. The fraction of sp³-hybridized carbons (Fsp3) is 0.538. The van der Waals surface area contributed by atoms with Crippen LogP contribution < -0.4 is 10.6 Å². The molecular formula is C13H20N2O3. The van der Waals surface area contributed by atoms with Crippen molar-refractivity contribution in [2.45, 2.75) is 32.4 Å². The molecule has 2 amide bonds. The Kier molecular flexibility index (Phi) is 5.09. The summed E-state index contributed by atoms with van der Waals surface area (Å²) in [4.78, 5) is 22.7. The lowest BCUT2D eigenvalue weighted by atomic mass is 9.92. The van der Waals surface area contributed by atoms with E-state index in [2.05, 4.69) is 10.6 Å². The van der Waals surface area contributed by atoms with Gasteiger partial charge in [0.15, 0.2) is 0 Å². The van der Waals surface area contributed by atoms with Crippen molar-refractivity contribution in [2.75, 3.05) is 7.05 Å². The van der Waals surface area contributed by atoms with Crippen LogP contribution in [0.25, 0.3) is 0 Å². The van der Waals surface area contributed by atoms with E-state index in [1.807, 2.05) is 13.0 Å². The Morgan fingerprint density at radius 2 is 2.17 bits per heavy atom. The van der Waals surface area contributed by atoms with Crippen LogP contribution in [0, 0.1) is 5.92 Å². The minimum Gasteiger partial charge on any atom is -0.388 e. The summed E-state index contributed by atoms with van der Waals surface area (Å²) in [5.41, 5.74) is 0.940. The summed E-state index contributed by atoms with van der Waals surface area (Å²) >= 11 is 0. The summed E-state index contributed by atoms with van der Waals surface area (Å²) in [6.07, 6.45) is 5.36. The van der Waals surface area contributed by atoms with Gasteiger partial charge >= 0.3 is 0 Å². The molecule has 0 aliphatic heterocycles. The summed E-state index contributed by atoms with van der Waals surface area (Å²) in [6, 6.07) is -0.578. The van der Waals surface area contributed by atoms with Gasteiger partial charge in [-0.05, 0) is 5.57 Å². The first-order valence-electron chi connectivity index (χ1n) is 5.99. The molecule has 0 aromatic heterocycles. The maximum atomic E-state index is 11.6. The number of aliphatic hydroxyl groups excluding tert-OH is 1. The molecule has 0 aromatic carbocycles. The van der Waals surface area contributed by atoms with E-state index in [0.717, 1.165) is 5.57 Å². The number of amides is 2. The van der Waals surface area contributed by atoms with E-state index in [1.54, 1.807) is 12.2 Å². The normalized spacial score (nSPS) is 24.1. The molecule has 0 fully saturated rings. The van der Waals surface area contributed by atoms with Gasteiger partial charge in [-0.2, -0.15) is 0 Å². The maximum Gasteiger partial charge on any atom is 0.242 e. The van der Waals surface area contributed by atoms with Gasteiger partial charge in [0.05, 0.1) is 6.10 Å². The Hall–Kier alpha value is -1.62. The van der Waals surface area contributed by atoms with Crippen molar-refractivity contribution < 1.29 is 14.7 Å². The fourth-order valence-corrected chi connectivity index (χ4v) is 1.89. The van der Waals surface area contributed by atoms with Gasteiger partial charge in [0, 0.05) is 26.3 Å². The van der Waals surface area contributed by atoms with Gasteiger partial charge in [0.25, 0.3) is 0 Å². The first-order valence-corrected chi connectivity index (χ1v) is 5.99. The van der Waals surface area contributed by atoms with Crippen LogP contribution in [0.5, 0.6) is 0 Å². The molecular weight excluding hydrogens is 232 g/mol. The molecule has 0 radical (unpaired) electrons. The largest absolute Gasteiger partial charge is 0.388 e. The predicted molar refractivity (Wildman–Crippen MR) is 68.7 cm³/mol. The van der Waals surface area contributed by atoms with Crippen molar-refractivity contribution in [2.24, 2.45) is 5.92 Å². The van der Waals surface area contributed by atoms with Crippen molar-refractivity contribution in [3.8, 4) is 0 Å². The molecule has 1 aliphatic carbocycles. The van der Waals surface area contributed by atoms with Gasteiger partial charge in [0.2, 0.25) is 11.8 Å². The van der Waals surface area contributed by atoms with Crippen molar-refractivity contribution in [1.29, 1.82) is 0 Å². The average molecular weight is 252 g/mol. The highest BCUT2D eigenvalue weighted by Crippen LogP contribution is 2.20. The molecule has 3 atom stereocenters. The topological polar surface area (TPSA) is 78.4 Å². The molecule has 18 heavy (non-hydrogen) atoms. The van der Waals surface area contributed by atoms with Gasteiger partial charge in [-0.1, -0.05) is 25.2 Å². The molecule has 0 saturated carbocycles. The summed E-state index contributed by atoms with van der Waals surface area (Å²) in [5.74, 6) is -0.442. The second kappa shape index (κ2) is 6.35. The molecule has 0 saturated heterocycles. The molecule has 5 heteroatoms. The van der Waals surface area contributed by atoms with Gasteiger partial charge in [0.1, 0.15) is 6.04 Å². The van der Waals surface area contributed by atoms with E-state index in [4.69, 9.17) is 0 Å². The summed E-state index contributed by atoms with van der Waals surface area (Å²) in [7, 11) is 1.54. The Labute approximate surface area is 107 Å². The van der Waals surface area contributed by atoms with Crippen LogP contribution in [0.2, 0.25) is 0 Å². The van der Waals surface area contributed by atoms with Crippen molar-refractivity contribution in [3.63, 3.8) is 0 Å². The smallest absolute Gasteiger partial charge is 0.242 e. The molecule has 2 unspecified atom stereocenters. The molecule has 3 N–H and O–H groups in total. The van der Waals surface area contributed by atoms with Gasteiger partial charge in [-0.25, -0.2) is 0 Å². The van der Waals surface area contributed by atoms with E-state index in [1.165, 1.54) is 14.0 Å². The molecule has 100 valence electrons. The molecule has 1 aliphatic rings. The second-order valence-electron chi connectivity index (χ2n) is 4.52. The third-order valence-corrected chi connectivity index (χ3v) is 2.90. The lowest BCUT2D eigenvalue weighted by Crippen LogP contribution is -2.45. The number of hydrogen-bond acceptors (Lipinski definition) is 3. The molecule has 5 nitrogen and oxygen atoms in total. The van der Waals surface area contributed by atoms with Crippen molar-refractivity contribution in [3.05, 3.63) is 23.8 Å². The quantitative estimate of drug-likeness (QED) is 0.665. The maximum absolute atomic E-state index is 11.6. The van der Waals surface area contributed by atoms with Crippen LogP contribution in [-0.4, -0.2) is 36.1 Å². The monoisotopic (exact) mass is 252 g/mol. The third kappa shape index (κ3) is 4.00. The molecule has 0 spiro atoms. The summed E-state index contributed by atoms with van der Waals surface area (Å²) in [6.45, 7) is 3.29. The van der Waals surface area contributed by atoms with E-state index in [0.29, 0.717) is 6.42 Å². The highest BCUT2D eigenvalue weighted by Gasteiger charge is 2.21. The number of aliphatic hydroxyl groups is 1. The molecule has 0 heterocycles. The molecule has 1 rings (SSSR count). The predicted octanol–water partition coefficient (Wildman–Crippen LogP) is 0.120. The lowest BCUT2D eigenvalue weighted by Gasteiger charge is -2.21. The number of carbonyl (C=O) groups is 2.